The Morgan fingerprint density at radius 1 is 1.35 bits per heavy atom. The average Bonchev–Trinajstić information content (AvgIpc) is 2.96. The molecule has 5 heteroatoms. The molecule has 126 valence electrons. The second kappa shape index (κ2) is 9.50. The predicted octanol–water partition coefficient (Wildman–Crippen LogP) is 3.45. The van der Waals surface area contributed by atoms with E-state index in [9.17, 15) is 9.59 Å². The molecule has 0 saturated carbocycles. The van der Waals surface area contributed by atoms with Crippen LogP contribution in [-0.2, 0) is 9.59 Å². The highest BCUT2D eigenvalue weighted by molar-refractivity contribution is 7.10. The van der Waals surface area contributed by atoms with Gasteiger partial charge in [-0.25, -0.2) is 0 Å². The van der Waals surface area contributed by atoms with Gasteiger partial charge in [0.2, 0.25) is 11.8 Å². The lowest BCUT2D eigenvalue weighted by atomic mass is 10.1. The summed E-state index contributed by atoms with van der Waals surface area (Å²) in [4.78, 5) is 27.1. The van der Waals surface area contributed by atoms with Gasteiger partial charge in [-0.1, -0.05) is 25.0 Å². The van der Waals surface area contributed by atoms with Crippen LogP contribution in [-0.4, -0.2) is 36.3 Å². The van der Waals surface area contributed by atoms with Crippen molar-refractivity contribution >= 4 is 29.2 Å². The first-order chi connectivity index (χ1) is 11.2. The second-order valence-electron chi connectivity index (χ2n) is 5.91. The third-order valence-corrected chi connectivity index (χ3v) is 5.06. The zero-order valence-corrected chi connectivity index (χ0v) is 14.6. The zero-order chi connectivity index (χ0) is 16.5. The average molecular weight is 334 g/mol. The molecule has 1 aromatic rings. The molecule has 1 saturated heterocycles. The van der Waals surface area contributed by atoms with Gasteiger partial charge < -0.3 is 10.2 Å². The third-order valence-electron chi connectivity index (χ3n) is 4.22. The maximum absolute atomic E-state index is 12.6. The Balaban J connectivity index is 1.94. The predicted molar refractivity (Wildman–Crippen MR) is 95.2 cm³/mol. The molecule has 1 aliphatic rings. The van der Waals surface area contributed by atoms with E-state index in [2.05, 4.69) is 28.9 Å². The molecule has 2 heterocycles. The Morgan fingerprint density at radius 2 is 2.22 bits per heavy atom. The van der Waals surface area contributed by atoms with Crippen LogP contribution in [0.2, 0.25) is 0 Å². The largest absolute Gasteiger partial charge is 0.359 e. The summed E-state index contributed by atoms with van der Waals surface area (Å²) in [5.41, 5.74) is 0. The van der Waals surface area contributed by atoms with E-state index in [1.807, 2.05) is 11.0 Å². The monoisotopic (exact) mass is 334 g/mol. The first kappa shape index (κ1) is 17.7. The quantitative estimate of drug-likeness (QED) is 0.866. The highest BCUT2D eigenvalue weighted by Gasteiger charge is 2.23. The van der Waals surface area contributed by atoms with Gasteiger partial charge in [0, 0.05) is 31.3 Å². The van der Waals surface area contributed by atoms with Gasteiger partial charge in [-0.3, -0.25) is 9.59 Å². The van der Waals surface area contributed by atoms with E-state index in [1.165, 1.54) is 17.7 Å². The van der Waals surface area contributed by atoms with Crippen molar-refractivity contribution in [3.63, 3.8) is 0 Å². The van der Waals surface area contributed by atoms with Crippen molar-refractivity contribution in [2.75, 3.05) is 13.6 Å². The number of carbonyl (C=O) groups excluding carboxylic acids is 2. The van der Waals surface area contributed by atoms with Gasteiger partial charge in [0.25, 0.3) is 0 Å². The van der Waals surface area contributed by atoms with Gasteiger partial charge in [-0.2, -0.15) is 0 Å². The first-order valence-electron chi connectivity index (χ1n) is 8.42. The van der Waals surface area contributed by atoms with Gasteiger partial charge in [0.1, 0.15) is 0 Å². The fraction of sp³-hybridized carbons (Fsp3) is 0.556. The molecule has 1 N–H and O–H groups in total. The lowest BCUT2D eigenvalue weighted by Crippen LogP contribution is -2.38. The number of hydrogen-bond acceptors (Lipinski definition) is 3. The van der Waals surface area contributed by atoms with Crippen molar-refractivity contribution in [2.45, 2.75) is 51.0 Å². The minimum Gasteiger partial charge on any atom is -0.359 e. The van der Waals surface area contributed by atoms with Crippen molar-refractivity contribution < 1.29 is 9.59 Å². The molecule has 2 amide bonds. The van der Waals surface area contributed by atoms with Crippen molar-refractivity contribution in [1.82, 2.24) is 10.2 Å². The molecule has 1 aliphatic heterocycles. The Bertz CT molecular complexity index is 525. The molecular weight excluding hydrogens is 308 g/mol. The number of amides is 2. The van der Waals surface area contributed by atoms with Crippen LogP contribution in [0.25, 0.3) is 6.08 Å². The summed E-state index contributed by atoms with van der Waals surface area (Å²) in [6, 6.07) is 4.32. The van der Waals surface area contributed by atoms with Gasteiger partial charge >= 0.3 is 0 Å². The molecule has 1 aromatic heterocycles. The highest BCUT2D eigenvalue weighted by atomic mass is 32.1. The van der Waals surface area contributed by atoms with Gasteiger partial charge in [0.05, 0.1) is 6.04 Å². The van der Waals surface area contributed by atoms with Crippen LogP contribution in [0.3, 0.4) is 0 Å². The molecule has 1 fully saturated rings. The van der Waals surface area contributed by atoms with Crippen LogP contribution < -0.4 is 5.32 Å². The van der Waals surface area contributed by atoms with Crippen LogP contribution in [0.15, 0.2) is 23.6 Å². The summed E-state index contributed by atoms with van der Waals surface area (Å²) in [6.07, 6.45) is 10.3. The van der Waals surface area contributed by atoms with E-state index in [1.54, 1.807) is 18.4 Å². The molecule has 0 aliphatic carbocycles. The first-order valence-corrected chi connectivity index (χ1v) is 9.30. The van der Waals surface area contributed by atoms with Crippen LogP contribution >= 0.6 is 11.3 Å². The maximum Gasteiger partial charge on any atom is 0.223 e. The topological polar surface area (TPSA) is 49.4 Å². The van der Waals surface area contributed by atoms with E-state index in [-0.39, 0.29) is 17.9 Å². The highest BCUT2D eigenvalue weighted by Crippen LogP contribution is 2.21. The molecule has 0 spiro atoms. The van der Waals surface area contributed by atoms with Crippen LogP contribution in [0, 0.1) is 0 Å². The van der Waals surface area contributed by atoms with E-state index in [0.29, 0.717) is 19.3 Å². The van der Waals surface area contributed by atoms with E-state index in [4.69, 9.17) is 0 Å². The molecule has 1 atom stereocenters. The van der Waals surface area contributed by atoms with Gasteiger partial charge in [0.15, 0.2) is 0 Å². The fourth-order valence-corrected chi connectivity index (χ4v) is 3.53. The van der Waals surface area contributed by atoms with Gasteiger partial charge in [-0.05, 0) is 36.8 Å². The molecular formula is C18H26N2O2S. The molecule has 0 bridgehead atoms. The van der Waals surface area contributed by atoms with Crippen molar-refractivity contribution in [3.05, 3.63) is 28.5 Å². The number of thiophene rings is 1. The number of carbonyl (C=O) groups is 2. The summed E-state index contributed by atoms with van der Waals surface area (Å²) in [6.45, 7) is 0.832. The molecule has 23 heavy (non-hydrogen) atoms. The van der Waals surface area contributed by atoms with Crippen LogP contribution in [0.4, 0.5) is 0 Å². The van der Waals surface area contributed by atoms with E-state index >= 15 is 0 Å². The number of nitrogens with one attached hydrogen (secondary N) is 1. The van der Waals surface area contributed by atoms with E-state index in [0.717, 1.165) is 19.4 Å². The van der Waals surface area contributed by atoms with Crippen molar-refractivity contribution in [1.29, 1.82) is 0 Å². The summed E-state index contributed by atoms with van der Waals surface area (Å²) in [7, 11) is 1.63. The number of hydrogen-bond donors (Lipinski definition) is 1. The number of nitrogens with zero attached hydrogens (tertiary/aromatic N) is 1. The molecule has 0 radical (unpaired) electrons. The fourth-order valence-electron chi connectivity index (χ4n) is 2.90. The maximum atomic E-state index is 12.6. The molecule has 2 rings (SSSR count). The van der Waals surface area contributed by atoms with Crippen LogP contribution in [0.1, 0.15) is 49.8 Å². The minimum atomic E-state index is 0.00260. The smallest absolute Gasteiger partial charge is 0.223 e. The van der Waals surface area contributed by atoms with Gasteiger partial charge in [-0.15, -0.1) is 11.3 Å². The number of rotatable bonds is 6. The number of likely N-dealkylation sites (tertiary alicyclic amines) is 1. The third kappa shape index (κ3) is 5.82. The summed E-state index contributed by atoms with van der Waals surface area (Å²) in [5.74, 6) is 0.180. The molecule has 0 aromatic carbocycles. The lowest BCUT2D eigenvalue weighted by molar-refractivity contribution is -0.132. The zero-order valence-electron chi connectivity index (χ0n) is 13.8. The summed E-state index contributed by atoms with van der Waals surface area (Å²) < 4.78 is 0. The minimum absolute atomic E-state index is 0.00260. The molecule has 0 unspecified atom stereocenters. The SMILES string of the molecule is CNC(=O)CCCC(=O)N1CCCCC[C@H]1/C=C/c1cccs1. The van der Waals surface area contributed by atoms with Crippen LogP contribution in [0.5, 0.6) is 0 Å². The summed E-state index contributed by atoms with van der Waals surface area (Å²) >= 11 is 1.71. The normalized spacial score (nSPS) is 18.8. The lowest BCUT2D eigenvalue weighted by Gasteiger charge is -2.28. The van der Waals surface area contributed by atoms with Crippen molar-refractivity contribution in [3.8, 4) is 0 Å². The molecule has 4 nitrogen and oxygen atoms in total. The Morgan fingerprint density at radius 3 is 2.96 bits per heavy atom. The van der Waals surface area contributed by atoms with Crippen molar-refractivity contribution in [2.24, 2.45) is 0 Å². The Labute approximate surface area is 142 Å². The standard InChI is InChI=1S/C18H26N2O2S/c1-19-17(21)9-5-10-18(22)20-13-4-2-3-7-15(20)11-12-16-8-6-14-23-16/h6,8,11-12,14-15H,2-5,7,9-10,13H2,1H3,(H,19,21)/b12-11+/t15-/m0/s1. The Kier molecular flexibility index (Phi) is 7.33. The van der Waals surface area contributed by atoms with E-state index < -0.39 is 0 Å². The summed E-state index contributed by atoms with van der Waals surface area (Å²) in [5, 5.41) is 4.66. The Hall–Kier alpha value is -1.62. The second-order valence-corrected chi connectivity index (χ2v) is 6.88.